The Morgan fingerprint density at radius 3 is 2.52 bits per heavy atom. The highest BCUT2D eigenvalue weighted by Crippen LogP contribution is 2.30. The Bertz CT molecular complexity index is 941. The second-order valence-electron chi connectivity index (χ2n) is 6.99. The number of halogens is 2. The number of guanidine groups is 1. The fourth-order valence-electron chi connectivity index (χ4n) is 3.41. The van der Waals surface area contributed by atoms with Crippen LogP contribution < -0.4 is 25.0 Å². The molecule has 1 unspecified atom stereocenters. The van der Waals surface area contributed by atoms with Gasteiger partial charge in [0.1, 0.15) is 17.3 Å². The van der Waals surface area contributed by atoms with E-state index in [4.69, 9.17) is 14.7 Å². The molecule has 2 aromatic carbocycles. The molecule has 3 rings (SSSR count). The highest BCUT2D eigenvalue weighted by molar-refractivity contribution is 14.0. The number of benzene rings is 2. The molecule has 1 heterocycles. The highest BCUT2D eigenvalue weighted by Gasteiger charge is 2.24. The maximum atomic E-state index is 14.1. The van der Waals surface area contributed by atoms with Gasteiger partial charge in [-0.25, -0.2) is 4.39 Å². The smallest absolute Gasteiger partial charge is 0.191 e. The van der Waals surface area contributed by atoms with Gasteiger partial charge in [0.05, 0.1) is 25.9 Å². The fraction of sp³-hybridized carbons (Fsp3) is 0.364. The lowest BCUT2D eigenvalue weighted by Gasteiger charge is -2.21. The summed E-state index contributed by atoms with van der Waals surface area (Å²) >= 11 is 0. The predicted molar refractivity (Wildman–Crippen MR) is 130 cm³/mol. The van der Waals surface area contributed by atoms with Gasteiger partial charge < -0.3 is 25.0 Å². The van der Waals surface area contributed by atoms with Crippen molar-refractivity contribution in [2.24, 2.45) is 4.99 Å². The minimum Gasteiger partial charge on any atom is -0.497 e. The molecular weight excluding hydrogens is 512 g/mol. The van der Waals surface area contributed by atoms with Crippen LogP contribution in [0.1, 0.15) is 17.5 Å². The first-order valence-corrected chi connectivity index (χ1v) is 9.70. The van der Waals surface area contributed by atoms with Crippen LogP contribution in [-0.2, 0) is 6.54 Å². The Kier molecular flexibility index (Phi) is 9.18. The third-order valence-corrected chi connectivity index (χ3v) is 5.08. The van der Waals surface area contributed by atoms with Crippen LogP contribution in [0.15, 0.2) is 41.4 Å². The fourth-order valence-corrected chi connectivity index (χ4v) is 3.41. The minimum atomic E-state index is -0.406. The van der Waals surface area contributed by atoms with Gasteiger partial charge in [0, 0.05) is 62.2 Å². The molecule has 0 saturated carbocycles. The lowest BCUT2D eigenvalue weighted by Crippen LogP contribution is -2.44. The van der Waals surface area contributed by atoms with E-state index in [9.17, 15) is 4.39 Å². The second-order valence-corrected chi connectivity index (χ2v) is 6.99. The number of anilines is 1. The maximum Gasteiger partial charge on any atom is 0.191 e. The zero-order valence-electron chi connectivity index (χ0n) is 17.8. The standard InChI is InChI=1S/C22H26FN5O2.HI/c1-25-22(26-13-16-5-4-15(12-24)8-21(16)23)27-17-6-7-28(14-17)18-9-19(29-2)11-20(10-18)30-3;/h4-5,8-11,17H,6-7,13-14H2,1-3H3,(H2,25,26,27);1H. The summed E-state index contributed by atoms with van der Waals surface area (Å²) in [6, 6.07) is 12.4. The van der Waals surface area contributed by atoms with Crippen molar-refractivity contribution in [3.05, 3.63) is 53.3 Å². The monoisotopic (exact) mass is 539 g/mol. The largest absolute Gasteiger partial charge is 0.497 e. The van der Waals surface area contributed by atoms with Gasteiger partial charge in [-0.2, -0.15) is 5.26 Å². The van der Waals surface area contributed by atoms with E-state index in [2.05, 4.69) is 20.5 Å². The second kappa shape index (κ2) is 11.6. The molecule has 1 aliphatic rings. The zero-order chi connectivity index (χ0) is 21.5. The van der Waals surface area contributed by atoms with Crippen LogP contribution in [0.4, 0.5) is 10.1 Å². The molecule has 0 aliphatic carbocycles. The van der Waals surface area contributed by atoms with E-state index < -0.39 is 5.82 Å². The summed E-state index contributed by atoms with van der Waals surface area (Å²) in [4.78, 5) is 6.50. The van der Waals surface area contributed by atoms with Crippen molar-refractivity contribution < 1.29 is 13.9 Å². The first-order chi connectivity index (χ1) is 14.6. The van der Waals surface area contributed by atoms with E-state index in [1.54, 1.807) is 33.4 Å². The Morgan fingerprint density at radius 1 is 1.23 bits per heavy atom. The van der Waals surface area contributed by atoms with Gasteiger partial charge in [-0.3, -0.25) is 4.99 Å². The van der Waals surface area contributed by atoms with E-state index >= 15 is 0 Å². The third kappa shape index (κ3) is 6.37. The summed E-state index contributed by atoms with van der Waals surface area (Å²) in [6.45, 7) is 1.96. The minimum absolute atomic E-state index is 0. The molecule has 1 fully saturated rings. The van der Waals surface area contributed by atoms with Crippen LogP contribution in [0.2, 0.25) is 0 Å². The van der Waals surface area contributed by atoms with Gasteiger partial charge in [-0.1, -0.05) is 6.07 Å². The predicted octanol–water partition coefficient (Wildman–Crippen LogP) is 3.28. The van der Waals surface area contributed by atoms with E-state index in [0.29, 0.717) is 17.1 Å². The molecule has 0 spiro atoms. The third-order valence-electron chi connectivity index (χ3n) is 5.08. The molecule has 1 saturated heterocycles. The van der Waals surface area contributed by atoms with E-state index in [-0.39, 0.29) is 36.6 Å². The Balaban J connectivity index is 0.00000341. The number of ether oxygens (including phenoxy) is 2. The quantitative estimate of drug-likeness (QED) is 0.333. The molecule has 0 aromatic heterocycles. The van der Waals surface area contributed by atoms with E-state index in [0.717, 1.165) is 36.7 Å². The number of hydrogen-bond acceptors (Lipinski definition) is 5. The summed E-state index contributed by atoms with van der Waals surface area (Å²) in [5.74, 6) is 1.70. The molecule has 1 aliphatic heterocycles. The summed E-state index contributed by atoms with van der Waals surface area (Å²) in [5, 5.41) is 15.4. The van der Waals surface area contributed by atoms with Gasteiger partial charge in [0.25, 0.3) is 0 Å². The van der Waals surface area contributed by atoms with Crippen molar-refractivity contribution in [2.75, 3.05) is 39.3 Å². The topological polar surface area (TPSA) is 81.9 Å². The first-order valence-electron chi connectivity index (χ1n) is 9.70. The number of hydrogen-bond donors (Lipinski definition) is 2. The molecule has 2 N–H and O–H groups in total. The number of methoxy groups -OCH3 is 2. The van der Waals surface area contributed by atoms with Crippen molar-refractivity contribution in [1.82, 2.24) is 10.6 Å². The van der Waals surface area contributed by atoms with E-state index in [1.807, 2.05) is 24.3 Å². The van der Waals surface area contributed by atoms with Gasteiger partial charge in [0.15, 0.2) is 5.96 Å². The lowest BCUT2D eigenvalue weighted by atomic mass is 10.1. The molecule has 1 atom stereocenters. The number of nitrogens with zero attached hydrogens (tertiary/aromatic N) is 3. The van der Waals surface area contributed by atoms with Crippen LogP contribution in [0.3, 0.4) is 0 Å². The SMILES string of the molecule is CN=C(NCc1ccc(C#N)cc1F)NC1CCN(c2cc(OC)cc(OC)c2)C1.I. The molecule has 0 radical (unpaired) electrons. The average molecular weight is 539 g/mol. The molecule has 0 amide bonds. The van der Waals surface area contributed by atoms with Gasteiger partial charge in [0.2, 0.25) is 0 Å². The van der Waals surface area contributed by atoms with Crippen molar-refractivity contribution in [3.63, 3.8) is 0 Å². The highest BCUT2D eigenvalue weighted by atomic mass is 127. The zero-order valence-corrected chi connectivity index (χ0v) is 20.1. The van der Waals surface area contributed by atoms with Gasteiger partial charge >= 0.3 is 0 Å². The Labute approximate surface area is 199 Å². The van der Waals surface area contributed by atoms with Crippen molar-refractivity contribution in [3.8, 4) is 17.6 Å². The normalized spacial score (nSPS) is 15.6. The Morgan fingerprint density at radius 2 is 1.94 bits per heavy atom. The Hall–Kier alpha value is -2.74. The van der Waals surface area contributed by atoms with Crippen LogP contribution >= 0.6 is 24.0 Å². The van der Waals surface area contributed by atoms with Gasteiger partial charge in [-0.15, -0.1) is 24.0 Å². The number of nitrogens with one attached hydrogen (secondary N) is 2. The summed E-state index contributed by atoms with van der Waals surface area (Å²) in [7, 11) is 4.96. The summed E-state index contributed by atoms with van der Waals surface area (Å²) in [5.41, 5.74) is 1.82. The molecule has 2 aromatic rings. The van der Waals surface area contributed by atoms with Crippen molar-refractivity contribution >= 4 is 35.6 Å². The van der Waals surface area contributed by atoms with Crippen molar-refractivity contribution in [2.45, 2.75) is 19.0 Å². The number of rotatable bonds is 6. The lowest BCUT2D eigenvalue weighted by molar-refractivity contribution is 0.394. The van der Waals surface area contributed by atoms with E-state index in [1.165, 1.54) is 6.07 Å². The van der Waals surface area contributed by atoms with Crippen LogP contribution in [0.25, 0.3) is 0 Å². The van der Waals surface area contributed by atoms with Crippen molar-refractivity contribution in [1.29, 1.82) is 5.26 Å². The number of aliphatic imine (C=N–C) groups is 1. The van der Waals surface area contributed by atoms with Gasteiger partial charge in [-0.05, 0) is 18.6 Å². The molecule has 166 valence electrons. The maximum absolute atomic E-state index is 14.1. The summed E-state index contributed by atoms with van der Waals surface area (Å²) < 4.78 is 24.8. The van der Waals surface area contributed by atoms with Crippen LogP contribution in [0, 0.1) is 17.1 Å². The van der Waals surface area contributed by atoms with Crippen LogP contribution in [-0.4, -0.2) is 46.4 Å². The summed E-state index contributed by atoms with van der Waals surface area (Å²) in [6.07, 6.45) is 0.936. The molecule has 31 heavy (non-hydrogen) atoms. The number of nitriles is 1. The molecule has 7 nitrogen and oxygen atoms in total. The van der Waals surface area contributed by atoms with Crippen LogP contribution in [0.5, 0.6) is 11.5 Å². The average Bonchev–Trinajstić information content (AvgIpc) is 3.25. The molecule has 0 bridgehead atoms. The molecular formula is C22H27FIN5O2. The first kappa shape index (κ1) is 24.5. The molecule has 9 heteroatoms.